The van der Waals surface area contributed by atoms with Crippen LogP contribution in [0.1, 0.15) is 28.4 Å². The fourth-order valence-electron chi connectivity index (χ4n) is 5.28. The van der Waals surface area contributed by atoms with Gasteiger partial charge in [0.15, 0.2) is 0 Å². The second-order valence-electron chi connectivity index (χ2n) is 8.41. The number of carbonyl (C=O) groups is 1. The van der Waals surface area contributed by atoms with Gasteiger partial charge in [-0.25, -0.2) is 4.39 Å². The summed E-state index contributed by atoms with van der Waals surface area (Å²) >= 11 is 0. The molecule has 2 aliphatic heterocycles. The van der Waals surface area contributed by atoms with Crippen LogP contribution in [0.4, 0.5) is 10.1 Å². The molecule has 1 amide bonds. The van der Waals surface area contributed by atoms with Crippen LogP contribution in [0, 0.1) is 11.7 Å². The second-order valence-corrected chi connectivity index (χ2v) is 8.41. The smallest absolute Gasteiger partial charge is 0.254 e. The number of likely N-dealkylation sites (N-methyl/N-ethyl adjacent to an activating group) is 1. The summed E-state index contributed by atoms with van der Waals surface area (Å²) in [6.07, 6.45) is 0.802. The Kier molecular flexibility index (Phi) is 4.98. The van der Waals surface area contributed by atoms with E-state index < -0.39 is 5.82 Å². The zero-order valence-electron chi connectivity index (χ0n) is 17.4. The quantitative estimate of drug-likeness (QED) is 0.683. The van der Waals surface area contributed by atoms with Crippen LogP contribution in [0.5, 0.6) is 0 Å². The first-order chi connectivity index (χ1) is 15.1. The molecule has 1 N–H and O–H groups in total. The normalized spacial score (nSPS) is 22.2. The molecule has 0 radical (unpaired) electrons. The van der Waals surface area contributed by atoms with E-state index in [1.54, 1.807) is 12.1 Å². The predicted molar refractivity (Wildman–Crippen MR) is 119 cm³/mol. The van der Waals surface area contributed by atoms with Crippen LogP contribution in [0.2, 0.25) is 0 Å². The van der Waals surface area contributed by atoms with Gasteiger partial charge in [-0.15, -0.1) is 0 Å². The van der Waals surface area contributed by atoms with Gasteiger partial charge in [0, 0.05) is 30.8 Å². The fourth-order valence-corrected chi connectivity index (χ4v) is 5.28. The first-order valence-electron chi connectivity index (χ1n) is 10.7. The van der Waals surface area contributed by atoms with Crippen molar-refractivity contribution in [2.45, 2.75) is 18.5 Å². The Morgan fingerprint density at radius 2 is 1.84 bits per heavy atom. The summed E-state index contributed by atoms with van der Waals surface area (Å²) < 4.78 is 13.8. The zero-order chi connectivity index (χ0) is 21.5. The first-order valence-corrected chi connectivity index (χ1v) is 10.7. The minimum atomic E-state index is -0.412. The van der Waals surface area contributed by atoms with Gasteiger partial charge in [0.2, 0.25) is 0 Å². The molecule has 158 valence electrons. The van der Waals surface area contributed by atoms with E-state index in [4.69, 9.17) is 0 Å². The van der Waals surface area contributed by atoms with Crippen LogP contribution in [0.25, 0.3) is 11.1 Å². The topological polar surface area (TPSA) is 43.8 Å². The number of fused-ring (bicyclic) bond motifs is 3. The molecule has 3 atom stereocenters. The number of hydrogen-bond donors (Lipinski definition) is 1. The minimum absolute atomic E-state index is 0.0273. The standard InChI is InChI=1S/C26H25FN2O2/c1-28-23-11-10-18(17-6-3-2-4-7-17)15-22(23)25-21(24(28)16-30)12-13-29(25)26(31)19-8-5-9-20(27)14-19/h2-11,14-15,21,24-25,30H,12-13,16H2,1H3/t21-,24-,25-/m0/s1. The lowest BCUT2D eigenvalue weighted by molar-refractivity contribution is 0.0693. The summed E-state index contributed by atoms with van der Waals surface area (Å²) in [6.45, 7) is 0.615. The molecule has 31 heavy (non-hydrogen) atoms. The molecule has 2 heterocycles. The summed E-state index contributed by atoms with van der Waals surface area (Å²) in [6, 6.07) is 22.2. The van der Waals surface area contributed by atoms with Gasteiger partial charge in [-0.2, -0.15) is 0 Å². The Balaban J connectivity index is 1.61. The number of benzene rings is 3. The van der Waals surface area contributed by atoms with E-state index in [-0.39, 0.29) is 30.5 Å². The Labute approximate surface area is 181 Å². The number of hydrogen-bond acceptors (Lipinski definition) is 3. The van der Waals surface area contributed by atoms with Gasteiger partial charge in [-0.05, 0) is 53.4 Å². The number of rotatable bonds is 3. The molecular weight excluding hydrogens is 391 g/mol. The summed E-state index contributed by atoms with van der Waals surface area (Å²) in [7, 11) is 2.01. The molecule has 0 unspecified atom stereocenters. The number of anilines is 1. The molecule has 2 aliphatic rings. The van der Waals surface area contributed by atoms with Gasteiger partial charge >= 0.3 is 0 Å². The molecule has 3 aromatic rings. The molecule has 1 fully saturated rings. The van der Waals surface area contributed by atoms with Gasteiger partial charge in [0.1, 0.15) is 5.82 Å². The van der Waals surface area contributed by atoms with Crippen molar-refractivity contribution >= 4 is 11.6 Å². The third-order valence-electron chi connectivity index (χ3n) is 6.79. The summed E-state index contributed by atoms with van der Waals surface area (Å²) in [5, 5.41) is 10.2. The summed E-state index contributed by atoms with van der Waals surface area (Å²) in [5.41, 5.74) is 4.69. The molecule has 0 bridgehead atoms. The van der Waals surface area contributed by atoms with Crippen molar-refractivity contribution < 1.29 is 14.3 Å². The van der Waals surface area contributed by atoms with Crippen molar-refractivity contribution in [3.8, 4) is 11.1 Å². The Bertz CT molecular complexity index is 1120. The highest BCUT2D eigenvalue weighted by molar-refractivity contribution is 5.95. The minimum Gasteiger partial charge on any atom is -0.394 e. The molecule has 0 aliphatic carbocycles. The molecule has 5 heteroatoms. The van der Waals surface area contributed by atoms with Crippen molar-refractivity contribution in [3.05, 3.63) is 89.7 Å². The molecule has 5 rings (SSSR count). The van der Waals surface area contributed by atoms with Gasteiger partial charge < -0.3 is 14.9 Å². The van der Waals surface area contributed by atoms with Crippen LogP contribution < -0.4 is 4.90 Å². The second kappa shape index (κ2) is 7.82. The highest BCUT2D eigenvalue weighted by Gasteiger charge is 2.47. The SMILES string of the molecule is CN1c2ccc(-c3ccccc3)cc2[C@@H]2[C@@H](CCN2C(=O)c2cccc(F)c2)[C@@H]1CO. The average molecular weight is 416 g/mol. The highest BCUT2D eigenvalue weighted by atomic mass is 19.1. The van der Waals surface area contributed by atoms with Crippen LogP contribution in [0.3, 0.4) is 0 Å². The van der Waals surface area contributed by atoms with Gasteiger partial charge in [0.05, 0.1) is 18.7 Å². The molecule has 0 spiro atoms. The number of nitrogens with zero attached hydrogens (tertiary/aromatic N) is 2. The average Bonchev–Trinajstić information content (AvgIpc) is 3.24. The third kappa shape index (κ3) is 3.29. The van der Waals surface area contributed by atoms with Crippen LogP contribution in [-0.2, 0) is 0 Å². The lowest BCUT2D eigenvalue weighted by Crippen LogP contribution is -2.48. The molecule has 0 saturated carbocycles. The number of halogens is 1. The van der Waals surface area contributed by atoms with Gasteiger partial charge in [-0.3, -0.25) is 4.79 Å². The number of likely N-dealkylation sites (tertiary alicyclic amines) is 1. The Morgan fingerprint density at radius 1 is 1.03 bits per heavy atom. The molecule has 1 saturated heterocycles. The van der Waals surface area contributed by atoms with E-state index in [1.807, 2.05) is 30.1 Å². The highest BCUT2D eigenvalue weighted by Crippen LogP contribution is 2.49. The Morgan fingerprint density at radius 3 is 2.58 bits per heavy atom. The number of amides is 1. The predicted octanol–water partition coefficient (Wildman–Crippen LogP) is 4.51. The van der Waals surface area contributed by atoms with Crippen molar-refractivity contribution in [1.82, 2.24) is 4.90 Å². The maximum Gasteiger partial charge on any atom is 0.254 e. The van der Waals surface area contributed by atoms with Crippen LogP contribution >= 0.6 is 0 Å². The molecule has 3 aromatic carbocycles. The van der Waals surface area contributed by atoms with E-state index in [0.29, 0.717) is 12.1 Å². The van der Waals surface area contributed by atoms with Crippen molar-refractivity contribution in [1.29, 1.82) is 0 Å². The Hall–Kier alpha value is -3.18. The fraction of sp³-hybridized carbons (Fsp3) is 0.269. The summed E-state index contributed by atoms with van der Waals surface area (Å²) in [5.74, 6) is -0.458. The molecule has 4 nitrogen and oxygen atoms in total. The summed E-state index contributed by atoms with van der Waals surface area (Å²) in [4.78, 5) is 17.4. The van der Waals surface area contributed by atoms with Gasteiger partial charge in [0.25, 0.3) is 5.91 Å². The van der Waals surface area contributed by atoms with Gasteiger partial charge in [-0.1, -0.05) is 42.5 Å². The van der Waals surface area contributed by atoms with E-state index >= 15 is 0 Å². The molecule has 0 aromatic heterocycles. The molecular formula is C26H25FN2O2. The van der Waals surface area contributed by atoms with Crippen molar-refractivity contribution in [2.24, 2.45) is 5.92 Å². The van der Waals surface area contributed by atoms with E-state index in [9.17, 15) is 14.3 Å². The first kappa shape index (κ1) is 19.8. The maximum atomic E-state index is 13.8. The lowest BCUT2D eigenvalue weighted by Gasteiger charge is -2.44. The number of aliphatic hydroxyl groups excluding tert-OH is 1. The monoisotopic (exact) mass is 416 g/mol. The lowest BCUT2D eigenvalue weighted by atomic mass is 9.81. The van der Waals surface area contributed by atoms with Crippen molar-refractivity contribution in [2.75, 3.05) is 25.1 Å². The zero-order valence-corrected chi connectivity index (χ0v) is 17.4. The van der Waals surface area contributed by atoms with E-state index in [1.165, 1.54) is 12.1 Å². The van der Waals surface area contributed by atoms with Crippen LogP contribution in [0.15, 0.2) is 72.8 Å². The number of carbonyl (C=O) groups excluding carboxylic acids is 1. The van der Waals surface area contributed by atoms with E-state index in [2.05, 4.69) is 35.2 Å². The largest absolute Gasteiger partial charge is 0.394 e. The van der Waals surface area contributed by atoms with Crippen LogP contribution in [-0.4, -0.2) is 42.2 Å². The van der Waals surface area contributed by atoms with E-state index in [0.717, 1.165) is 28.8 Å². The maximum absolute atomic E-state index is 13.8. The third-order valence-corrected chi connectivity index (χ3v) is 6.79. The van der Waals surface area contributed by atoms with Crippen molar-refractivity contribution in [3.63, 3.8) is 0 Å². The number of aliphatic hydroxyl groups is 1.